The molecule has 0 aliphatic carbocycles. The number of aromatic nitrogens is 2. The van der Waals surface area contributed by atoms with Crippen molar-refractivity contribution >= 4 is 11.8 Å². The summed E-state index contributed by atoms with van der Waals surface area (Å²) in [6, 6.07) is 6.43. The van der Waals surface area contributed by atoms with E-state index in [9.17, 15) is 4.39 Å². The van der Waals surface area contributed by atoms with Gasteiger partial charge in [-0.3, -0.25) is 0 Å². The number of hydrogen-bond acceptors (Lipinski definition) is 3. The van der Waals surface area contributed by atoms with Gasteiger partial charge >= 0.3 is 0 Å². The molecule has 2 aromatic rings. The largest absolute Gasteiger partial charge is 0.490 e. The average Bonchev–Trinajstić information content (AvgIpc) is 2.84. The van der Waals surface area contributed by atoms with Gasteiger partial charge in [-0.1, -0.05) is 23.9 Å². The molecule has 0 radical (unpaired) electrons. The van der Waals surface area contributed by atoms with E-state index in [1.54, 1.807) is 36.2 Å². The van der Waals surface area contributed by atoms with Gasteiger partial charge in [0, 0.05) is 24.7 Å². The average molecular weight is 266 g/mol. The Morgan fingerprint density at radius 3 is 3.00 bits per heavy atom. The van der Waals surface area contributed by atoms with E-state index >= 15 is 0 Å². The zero-order valence-corrected chi connectivity index (χ0v) is 11.0. The molecule has 0 amide bonds. The van der Waals surface area contributed by atoms with E-state index in [1.165, 1.54) is 6.07 Å². The minimum atomic E-state index is -0.322. The second-order valence-corrected chi connectivity index (χ2v) is 4.69. The van der Waals surface area contributed by atoms with Gasteiger partial charge in [0.15, 0.2) is 16.7 Å². The highest BCUT2D eigenvalue weighted by atomic mass is 32.2. The fraction of sp³-hybridized carbons (Fsp3) is 0.308. The van der Waals surface area contributed by atoms with E-state index in [0.717, 1.165) is 17.5 Å². The normalized spacial score (nSPS) is 10.6. The highest BCUT2D eigenvalue weighted by Gasteiger charge is 2.03. The lowest BCUT2D eigenvalue weighted by Crippen LogP contribution is -2.03. The number of benzene rings is 1. The number of ether oxygens (including phenoxy) is 1. The molecule has 0 atom stereocenters. The highest BCUT2D eigenvalue weighted by molar-refractivity contribution is 7.99. The SMILES string of the molecule is CCn1ccnc1SCCOc1ccccc1F. The Bertz CT molecular complexity index is 501. The third kappa shape index (κ3) is 3.26. The first kappa shape index (κ1) is 13.0. The Morgan fingerprint density at radius 1 is 1.39 bits per heavy atom. The Morgan fingerprint density at radius 2 is 2.22 bits per heavy atom. The zero-order chi connectivity index (χ0) is 12.8. The summed E-state index contributed by atoms with van der Waals surface area (Å²) in [5.41, 5.74) is 0. The molecular weight excluding hydrogens is 251 g/mol. The van der Waals surface area contributed by atoms with Gasteiger partial charge in [0.05, 0.1) is 6.61 Å². The van der Waals surface area contributed by atoms with Crippen molar-refractivity contribution in [3.63, 3.8) is 0 Å². The Hall–Kier alpha value is -1.49. The summed E-state index contributed by atoms with van der Waals surface area (Å²) in [5, 5.41) is 0.967. The summed E-state index contributed by atoms with van der Waals surface area (Å²) < 4.78 is 20.7. The third-order valence-corrected chi connectivity index (χ3v) is 3.40. The van der Waals surface area contributed by atoms with E-state index in [-0.39, 0.29) is 5.82 Å². The van der Waals surface area contributed by atoms with Gasteiger partial charge < -0.3 is 9.30 Å². The standard InChI is InChI=1S/C13H15FN2OS/c1-2-16-8-7-15-13(16)18-10-9-17-12-6-4-3-5-11(12)14/h3-8H,2,9-10H2,1H3. The molecule has 5 heteroatoms. The smallest absolute Gasteiger partial charge is 0.168 e. The monoisotopic (exact) mass is 266 g/mol. The fourth-order valence-electron chi connectivity index (χ4n) is 1.52. The first-order valence-corrected chi connectivity index (χ1v) is 6.81. The number of hydrogen-bond donors (Lipinski definition) is 0. The third-order valence-electron chi connectivity index (χ3n) is 2.43. The first-order valence-electron chi connectivity index (χ1n) is 5.82. The second kappa shape index (κ2) is 6.44. The molecule has 0 saturated heterocycles. The molecule has 3 nitrogen and oxygen atoms in total. The molecule has 0 aliphatic rings. The fourth-order valence-corrected chi connectivity index (χ4v) is 2.36. The van der Waals surface area contributed by atoms with E-state index in [1.807, 2.05) is 6.20 Å². The van der Waals surface area contributed by atoms with Gasteiger partial charge in [0.25, 0.3) is 0 Å². The lowest BCUT2D eigenvalue weighted by atomic mass is 10.3. The second-order valence-electron chi connectivity index (χ2n) is 3.62. The van der Waals surface area contributed by atoms with Gasteiger partial charge in [-0.15, -0.1) is 0 Å². The van der Waals surface area contributed by atoms with Gasteiger partial charge in [0.1, 0.15) is 0 Å². The van der Waals surface area contributed by atoms with Crippen LogP contribution in [0.5, 0.6) is 5.75 Å². The zero-order valence-electron chi connectivity index (χ0n) is 10.2. The van der Waals surface area contributed by atoms with Crippen molar-refractivity contribution in [3.05, 3.63) is 42.5 Å². The number of halogens is 1. The van der Waals surface area contributed by atoms with Crippen molar-refractivity contribution in [2.24, 2.45) is 0 Å². The first-order chi connectivity index (χ1) is 8.81. The topological polar surface area (TPSA) is 27.1 Å². The molecule has 0 aliphatic heterocycles. The van der Waals surface area contributed by atoms with Gasteiger partial charge in [-0.05, 0) is 19.1 Å². The van der Waals surface area contributed by atoms with Crippen LogP contribution < -0.4 is 4.74 Å². The van der Waals surface area contributed by atoms with Crippen LogP contribution in [0.15, 0.2) is 41.8 Å². The van der Waals surface area contributed by atoms with Crippen molar-refractivity contribution in [3.8, 4) is 5.75 Å². The summed E-state index contributed by atoms with van der Waals surface area (Å²) in [6.07, 6.45) is 3.73. The van der Waals surface area contributed by atoms with E-state index in [0.29, 0.717) is 12.4 Å². The lowest BCUT2D eigenvalue weighted by Gasteiger charge is -2.07. The van der Waals surface area contributed by atoms with Crippen molar-refractivity contribution in [2.45, 2.75) is 18.6 Å². The number of para-hydroxylation sites is 1. The predicted octanol–water partition coefficient (Wildman–Crippen LogP) is 3.21. The van der Waals surface area contributed by atoms with Crippen LogP contribution in [0, 0.1) is 5.82 Å². The molecule has 0 N–H and O–H groups in total. The van der Waals surface area contributed by atoms with Gasteiger partial charge in [-0.25, -0.2) is 9.37 Å². The Kier molecular flexibility index (Phi) is 4.64. The molecular formula is C13H15FN2OS. The van der Waals surface area contributed by atoms with Crippen molar-refractivity contribution in [1.29, 1.82) is 0 Å². The van der Waals surface area contributed by atoms with E-state index < -0.39 is 0 Å². The summed E-state index contributed by atoms with van der Waals surface area (Å²) in [4.78, 5) is 4.25. The van der Waals surface area contributed by atoms with Crippen LogP contribution in [0.4, 0.5) is 4.39 Å². The van der Waals surface area contributed by atoms with E-state index in [4.69, 9.17) is 4.74 Å². The molecule has 2 rings (SSSR count). The maximum atomic E-state index is 13.3. The molecule has 0 saturated carbocycles. The van der Waals surface area contributed by atoms with Gasteiger partial charge in [0.2, 0.25) is 0 Å². The van der Waals surface area contributed by atoms with Crippen LogP contribution in [-0.2, 0) is 6.54 Å². The molecule has 0 unspecified atom stereocenters. The van der Waals surface area contributed by atoms with E-state index in [2.05, 4.69) is 16.5 Å². The van der Waals surface area contributed by atoms with Crippen LogP contribution in [0.3, 0.4) is 0 Å². The van der Waals surface area contributed by atoms with Gasteiger partial charge in [-0.2, -0.15) is 0 Å². The van der Waals surface area contributed by atoms with Crippen LogP contribution in [0.1, 0.15) is 6.92 Å². The molecule has 0 fully saturated rings. The van der Waals surface area contributed by atoms with Crippen molar-refractivity contribution in [1.82, 2.24) is 9.55 Å². The van der Waals surface area contributed by atoms with Crippen molar-refractivity contribution < 1.29 is 9.13 Å². The number of rotatable bonds is 6. The Balaban J connectivity index is 1.78. The van der Waals surface area contributed by atoms with Crippen molar-refractivity contribution in [2.75, 3.05) is 12.4 Å². The highest BCUT2D eigenvalue weighted by Crippen LogP contribution is 2.18. The molecule has 0 bridgehead atoms. The molecule has 1 heterocycles. The molecule has 1 aromatic heterocycles. The summed E-state index contributed by atoms with van der Waals surface area (Å²) >= 11 is 1.61. The number of nitrogens with zero attached hydrogens (tertiary/aromatic N) is 2. The lowest BCUT2D eigenvalue weighted by molar-refractivity contribution is 0.325. The maximum absolute atomic E-state index is 13.3. The summed E-state index contributed by atoms with van der Waals surface area (Å²) in [5.74, 6) is 0.722. The summed E-state index contributed by atoms with van der Waals surface area (Å²) in [7, 11) is 0. The van der Waals surface area contributed by atoms with Crippen LogP contribution in [-0.4, -0.2) is 21.9 Å². The minimum Gasteiger partial charge on any atom is -0.490 e. The minimum absolute atomic E-state index is 0.303. The Labute approximate surface area is 110 Å². The summed E-state index contributed by atoms with van der Waals surface area (Å²) in [6.45, 7) is 3.43. The number of thioether (sulfide) groups is 1. The molecule has 0 spiro atoms. The number of imidazole rings is 1. The van der Waals surface area contributed by atoms with Crippen LogP contribution >= 0.6 is 11.8 Å². The van der Waals surface area contributed by atoms with Crippen LogP contribution in [0.25, 0.3) is 0 Å². The molecule has 1 aromatic carbocycles. The quantitative estimate of drug-likeness (QED) is 0.593. The number of aryl methyl sites for hydroxylation is 1. The molecule has 18 heavy (non-hydrogen) atoms. The molecule has 96 valence electrons. The van der Waals surface area contributed by atoms with Crippen LogP contribution in [0.2, 0.25) is 0 Å². The predicted molar refractivity (Wildman–Crippen MR) is 70.5 cm³/mol. The maximum Gasteiger partial charge on any atom is 0.168 e.